The maximum Gasteiger partial charge on any atom is 0.330 e. The Morgan fingerprint density at radius 2 is 1.56 bits per heavy atom. The van der Waals surface area contributed by atoms with Crippen molar-refractivity contribution in [3.05, 3.63) is 0 Å². The van der Waals surface area contributed by atoms with E-state index in [0.717, 1.165) is 24.7 Å². The van der Waals surface area contributed by atoms with Crippen LogP contribution in [0.15, 0.2) is 0 Å². The van der Waals surface area contributed by atoms with E-state index in [1.807, 2.05) is 6.92 Å². The van der Waals surface area contributed by atoms with Crippen molar-refractivity contribution in [2.75, 3.05) is 24.3 Å². The van der Waals surface area contributed by atoms with Gasteiger partial charge in [0.05, 0.1) is 18.9 Å². The van der Waals surface area contributed by atoms with Crippen LogP contribution in [0.2, 0.25) is 0 Å². The fourth-order valence-corrected chi connectivity index (χ4v) is 7.33. The molecule has 0 amide bonds. The van der Waals surface area contributed by atoms with Crippen molar-refractivity contribution in [2.45, 2.75) is 129 Å². The second-order valence-electron chi connectivity index (χ2n) is 9.92. The molecule has 1 saturated carbocycles. The van der Waals surface area contributed by atoms with Gasteiger partial charge in [0.1, 0.15) is 0 Å². The number of hydrogen-bond acceptors (Lipinski definition) is 4. The quantitative estimate of drug-likeness (QED) is 0.125. The van der Waals surface area contributed by atoms with Crippen molar-refractivity contribution in [2.24, 2.45) is 11.8 Å². The highest BCUT2D eigenvalue weighted by Gasteiger charge is 2.24. The molecule has 3 unspecified atom stereocenters. The highest BCUT2D eigenvalue weighted by Crippen LogP contribution is 2.43. The second kappa shape index (κ2) is 19.7. The zero-order valence-corrected chi connectivity index (χ0v) is 22.9. The molecule has 4 nitrogen and oxygen atoms in total. The maximum absolute atomic E-state index is 11.8. The summed E-state index contributed by atoms with van der Waals surface area (Å²) in [5.74, 6) is 4.64. The molecule has 0 aliphatic heterocycles. The molecule has 0 radical (unpaired) electrons. The first kappa shape index (κ1) is 30.5. The Morgan fingerprint density at radius 3 is 2.25 bits per heavy atom. The summed E-state index contributed by atoms with van der Waals surface area (Å²) in [6, 6.07) is 0. The summed E-state index contributed by atoms with van der Waals surface area (Å²) >= 11 is 2.17. The first-order chi connectivity index (χ1) is 15.5. The van der Waals surface area contributed by atoms with Crippen LogP contribution < -0.4 is 0 Å². The Kier molecular flexibility index (Phi) is 18.8. The SMILES string of the molecule is CCCCC(CCSCCCCCCCCC(O)CP(=O)(O)OCCC)C1CCCCC1. The van der Waals surface area contributed by atoms with Gasteiger partial charge in [0.15, 0.2) is 0 Å². The van der Waals surface area contributed by atoms with E-state index in [0.29, 0.717) is 12.8 Å². The Hall–Kier alpha value is 0.460. The van der Waals surface area contributed by atoms with Gasteiger partial charge in [-0.25, -0.2) is 0 Å². The van der Waals surface area contributed by atoms with E-state index in [1.54, 1.807) is 0 Å². The minimum Gasteiger partial charge on any atom is -0.392 e. The molecule has 0 saturated heterocycles. The molecule has 1 aliphatic carbocycles. The number of aliphatic hydroxyl groups is 1. The van der Waals surface area contributed by atoms with Gasteiger partial charge in [-0.2, -0.15) is 11.8 Å². The summed E-state index contributed by atoms with van der Waals surface area (Å²) in [6.07, 6.45) is 20.5. The van der Waals surface area contributed by atoms with E-state index in [4.69, 9.17) is 4.52 Å². The third-order valence-electron chi connectivity index (χ3n) is 6.89. The zero-order valence-electron chi connectivity index (χ0n) is 21.1. The van der Waals surface area contributed by atoms with Crippen LogP contribution in [0, 0.1) is 11.8 Å². The van der Waals surface area contributed by atoms with E-state index >= 15 is 0 Å². The van der Waals surface area contributed by atoms with Gasteiger partial charge in [-0.3, -0.25) is 4.57 Å². The van der Waals surface area contributed by atoms with E-state index in [1.165, 1.54) is 95.0 Å². The molecule has 0 heterocycles. The number of aliphatic hydroxyl groups excluding tert-OH is 1. The number of thioether (sulfide) groups is 1. The summed E-state index contributed by atoms with van der Waals surface area (Å²) < 4.78 is 16.8. The monoisotopic (exact) mass is 492 g/mol. The molecule has 1 fully saturated rings. The van der Waals surface area contributed by atoms with Gasteiger partial charge in [-0.15, -0.1) is 0 Å². The van der Waals surface area contributed by atoms with Gasteiger partial charge in [0, 0.05) is 0 Å². The average Bonchev–Trinajstić information content (AvgIpc) is 2.78. The highest BCUT2D eigenvalue weighted by molar-refractivity contribution is 7.99. The van der Waals surface area contributed by atoms with E-state index in [9.17, 15) is 14.6 Å². The third kappa shape index (κ3) is 16.1. The maximum atomic E-state index is 11.8. The van der Waals surface area contributed by atoms with Crippen molar-refractivity contribution >= 4 is 19.4 Å². The van der Waals surface area contributed by atoms with Crippen molar-refractivity contribution in [3.8, 4) is 0 Å². The average molecular weight is 493 g/mol. The standard InChI is InChI=1S/C26H53O4PS/c1-3-5-15-25(24-16-11-10-12-17-24)19-22-32-21-14-9-7-6-8-13-18-26(27)23-31(28,29)30-20-4-2/h24-27H,3-23H2,1-2H3,(H,28,29). The predicted octanol–water partition coefficient (Wildman–Crippen LogP) is 8.20. The summed E-state index contributed by atoms with van der Waals surface area (Å²) in [7, 11) is -3.62. The van der Waals surface area contributed by atoms with Crippen molar-refractivity contribution in [3.63, 3.8) is 0 Å². The van der Waals surface area contributed by atoms with Gasteiger partial charge in [0.2, 0.25) is 0 Å². The van der Waals surface area contributed by atoms with Crippen LogP contribution in [0.1, 0.15) is 123 Å². The molecule has 2 N–H and O–H groups in total. The highest BCUT2D eigenvalue weighted by atomic mass is 32.2. The molecule has 192 valence electrons. The number of rotatable bonds is 21. The van der Waals surface area contributed by atoms with Crippen molar-refractivity contribution < 1.29 is 19.1 Å². The van der Waals surface area contributed by atoms with Gasteiger partial charge >= 0.3 is 7.60 Å². The van der Waals surface area contributed by atoms with Gasteiger partial charge < -0.3 is 14.5 Å². The molecular weight excluding hydrogens is 439 g/mol. The van der Waals surface area contributed by atoms with E-state index in [-0.39, 0.29) is 12.8 Å². The Balaban J connectivity index is 1.97. The predicted molar refractivity (Wildman–Crippen MR) is 141 cm³/mol. The summed E-state index contributed by atoms with van der Waals surface area (Å²) in [5, 5.41) is 9.96. The Bertz CT molecular complexity index is 471. The van der Waals surface area contributed by atoms with E-state index in [2.05, 4.69) is 18.7 Å². The largest absolute Gasteiger partial charge is 0.392 e. The normalized spacial score (nSPS) is 19.0. The smallest absolute Gasteiger partial charge is 0.330 e. The Labute approximate surface area is 203 Å². The molecule has 0 aromatic carbocycles. The van der Waals surface area contributed by atoms with Gasteiger partial charge in [-0.05, 0) is 49.0 Å². The van der Waals surface area contributed by atoms with Crippen LogP contribution >= 0.6 is 19.4 Å². The lowest BCUT2D eigenvalue weighted by Gasteiger charge is -2.30. The van der Waals surface area contributed by atoms with Crippen LogP contribution in [0.3, 0.4) is 0 Å². The molecule has 0 aromatic rings. The minimum atomic E-state index is -3.62. The summed E-state index contributed by atoms with van der Waals surface area (Å²) in [5.41, 5.74) is 0. The van der Waals surface area contributed by atoms with Crippen LogP contribution in [-0.4, -0.2) is 40.4 Å². The van der Waals surface area contributed by atoms with Crippen LogP contribution in [0.5, 0.6) is 0 Å². The van der Waals surface area contributed by atoms with Crippen LogP contribution in [0.4, 0.5) is 0 Å². The number of hydrogen-bond donors (Lipinski definition) is 2. The molecule has 0 bridgehead atoms. The first-order valence-electron chi connectivity index (χ1n) is 13.7. The first-order valence-corrected chi connectivity index (χ1v) is 16.6. The summed E-state index contributed by atoms with van der Waals surface area (Å²) in [4.78, 5) is 9.68. The summed E-state index contributed by atoms with van der Waals surface area (Å²) in [6.45, 7) is 4.50. The Morgan fingerprint density at radius 1 is 0.875 bits per heavy atom. The molecule has 0 spiro atoms. The molecule has 6 heteroatoms. The fraction of sp³-hybridized carbons (Fsp3) is 1.00. The lowest BCUT2D eigenvalue weighted by Crippen LogP contribution is -2.19. The second-order valence-corrected chi connectivity index (χ2v) is 13.0. The van der Waals surface area contributed by atoms with Crippen LogP contribution in [0.25, 0.3) is 0 Å². The van der Waals surface area contributed by atoms with Crippen molar-refractivity contribution in [1.29, 1.82) is 0 Å². The number of unbranched alkanes of at least 4 members (excludes halogenated alkanes) is 6. The molecule has 1 rings (SSSR count). The van der Waals surface area contributed by atoms with Gasteiger partial charge in [0.25, 0.3) is 0 Å². The fourth-order valence-electron chi connectivity index (χ4n) is 4.96. The zero-order chi connectivity index (χ0) is 23.5. The molecule has 32 heavy (non-hydrogen) atoms. The van der Waals surface area contributed by atoms with Gasteiger partial charge in [-0.1, -0.05) is 97.3 Å². The van der Waals surface area contributed by atoms with E-state index < -0.39 is 13.7 Å². The molecule has 1 aliphatic rings. The molecular formula is C26H53O4PS. The van der Waals surface area contributed by atoms with Crippen molar-refractivity contribution in [1.82, 2.24) is 0 Å². The van der Waals surface area contributed by atoms with Crippen LogP contribution in [-0.2, 0) is 9.09 Å². The minimum absolute atomic E-state index is 0.135. The molecule has 3 atom stereocenters. The lowest BCUT2D eigenvalue weighted by molar-refractivity contribution is 0.167. The lowest BCUT2D eigenvalue weighted by atomic mass is 9.77. The molecule has 0 aromatic heterocycles. The third-order valence-corrected chi connectivity index (χ3v) is 9.46. The topological polar surface area (TPSA) is 66.8 Å².